The Morgan fingerprint density at radius 2 is 2.21 bits per heavy atom. The summed E-state index contributed by atoms with van der Waals surface area (Å²) >= 11 is 0. The highest BCUT2D eigenvalue weighted by Crippen LogP contribution is 2.19. The summed E-state index contributed by atoms with van der Waals surface area (Å²) in [4.78, 5) is 17.5. The molecule has 3 N–H and O–H groups in total. The number of hydrogen-bond acceptors (Lipinski definition) is 7. The molecule has 1 amide bonds. The molecule has 1 aliphatic heterocycles. The maximum absolute atomic E-state index is 13.4. The molecule has 0 saturated carbocycles. The van der Waals surface area contributed by atoms with Crippen LogP contribution in [0.3, 0.4) is 0 Å². The van der Waals surface area contributed by atoms with Gasteiger partial charge in [-0.1, -0.05) is 6.92 Å². The van der Waals surface area contributed by atoms with Gasteiger partial charge in [0, 0.05) is 13.0 Å². The molecule has 0 aromatic carbocycles. The van der Waals surface area contributed by atoms with Gasteiger partial charge in [-0.05, 0) is 24.6 Å². The van der Waals surface area contributed by atoms with Crippen LogP contribution in [0.15, 0.2) is 18.3 Å². The Labute approximate surface area is 164 Å². The van der Waals surface area contributed by atoms with E-state index in [1.54, 1.807) is 12.1 Å². The Bertz CT molecular complexity index is 811. The minimum atomic E-state index is -3.34. The van der Waals surface area contributed by atoms with E-state index in [0.717, 1.165) is 6.26 Å². The highest BCUT2D eigenvalue weighted by Gasteiger charge is 2.34. The average molecular weight is 412 g/mol. The fraction of sp³-hybridized carbons (Fsp3) is 0.588. The monoisotopic (exact) mass is 412 g/mol. The van der Waals surface area contributed by atoms with E-state index in [1.807, 2.05) is 13.0 Å². The maximum Gasteiger partial charge on any atom is 0.237 e. The smallest absolute Gasteiger partial charge is 0.237 e. The average Bonchev–Trinajstić information content (AvgIpc) is 3.01. The summed E-state index contributed by atoms with van der Waals surface area (Å²) in [7, 11) is -3.34. The molecular formula is C17H25FN6O3S. The molecule has 11 heteroatoms. The number of amides is 1. The molecule has 1 saturated heterocycles. The van der Waals surface area contributed by atoms with E-state index in [2.05, 4.69) is 20.3 Å². The number of pyridine rings is 1. The van der Waals surface area contributed by atoms with Crippen molar-refractivity contribution in [2.75, 3.05) is 42.5 Å². The molecule has 0 radical (unpaired) electrons. The van der Waals surface area contributed by atoms with E-state index >= 15 is 0 Å². The SMILES string of the molecule is C[C@@H](CNCC(=O)N1C[C@@H](F)C[C@H]1C#N)CNc1ccc(NS(C)(=O)=O)cn1. The number of nitrogens with one attached hydrogen (secondary N) is 3. The summed E-state index contributed by atoms with van der Waals surface area (Å²) in [6.45, 7) is 3.15. The highest BCUT2D eigenvalue weighted by atomic mass is 32.2. The van der Waals surface area contributed by atoms with Crippen molar-refractivity contribution in [2.24, 2.45) is 5.92 Å². The number of rotatable bonds is 9. The molecule has 2 heterocycles. The number of sulfonamides is 1. The Morgan fingerprint density at radius 3 is 2.82 bits per heavy atom. The lowest BCUT2D eigenvalue weighted by atomic mass is 10.2. The first-order valence-electron chi connectivity index (χ1n) is 8.89. The Kier molecular flexibility index (Phi) is 7.53. The number of halogens is 1. The Balaban J connectivity index is 1.69. The zero-order valence-corrected chi connectivity index (χ0v) is 16.7. The van der Waals surface area contributed by atoms with Crippen molar-refractivity contribution in [3.8, 4) is 6.07 Å². The molecule has 0 spiro atoms. The molecule has 154 valence electrons. The number of carbonyl (C=O) groups excluding carboxylic acids is 1. The topological polar surface area (TPSA) is 127 Å². The molecule has 1 aliphatic rings. The predicted octanol–water partition coefficient (Wildman–Crippen LogP) is 0.553. The predicted molar refractivity (Wildman–Crippen MR) is 104 cm³/mol. The van der Waals surface area contributed by atoms with Gasteiger partial charge in [-0.15, -0.1) is 0 Å². The largest absolute Gasteiger partial charge is 0.370 e. The van der Waals surface area contributed by atoms with Gasteiger partial charge in [-0.3, -0.25) is 9.52 Å². The first-order chi connectivity index (χ1) is 13.2. The molecule has 3 atom stereocenters. The molecule has 0 unspecified atom stereocenters. The number of aromatic nitrogens is 1. The molecule has 2 rings (SSSR count). The second kappa shape index (κ2) is 9.66. The van der Waals surface area contributed by atoms with E-state index < -0.39 is 22.2 Å². The normalized spacial score (nSPS) is 20.4. The van der Waals surface area contributed by atoms with E-state index in [-0.39, 0.29) is 31.3 Å². The van der Waals surface area contributed by atoms with Gasteiger partial charge in [-0.25, -0.2) is 17.8 Å². The van der Waals surface area contributed by atoms with Gasteiger partial charge in [0.2, 0.25) is 15.9 Å². The Hall–Kier alpha value is -2.45. The van der Waals surface area contributed by atoms with Gasteiger partial charge >= 0.3 is 0 Å². The van der Waals surface area contributed by atoms with Crippen LogP contribution in [0.25, 0.3) is 0 Å². The number of carbonyl (C=O) groups is 1. The van der Waals surface area contributed by atoms with Crippen molar-refractivity contribution < 1.29 is 17.6 Å². The van der Waals surface area contributed by atoms with Crippen LogP contribution in [0.2, 0.25) is 0 Å². The summed E-state index contributed by atoms with van der Waals surface area (Å²) < 4.78 is 38.0. The highest BCUT2D eigenvalue weighted by molar-refractivity contribution is 7.92. The summed E-state index contributed by atoms with van der Waals surface area (Å²) in [5.41, 5.74) is 0.384. The molecule has 28 heavy (non-hydrogen) atoms. The first-order valence-corrected chi connectivity index (χ1v) is 10.8. The van der Waals surface area contributed by atoms with Crippen LogP contribution in [0.1, 0.15) is 13.3 Å². The molecule has 0 bridgehead atoms. The van der Waals surface area contributed by atoms with Crippen molar-refractivity contribution in [3.05, 3.63) is 18.3 Å². The third-order valence-electron chi connectivity index (χ3n) is 4.19. The van der Waals surface area contributed by atoms with Gasteiger partial charge in [-0.2, -0.15) is 5.26 Å². The number of nitriles is 1. The lowest BCUT2D eigenvalue weighted by Crippen LogP contribution is -2.42. The number of hydrogen-bond donors (Lipinski definition) is 3. The number of anilines is 2. The molecular weight excluding hydrogens is 387 g/mol. The van der Waals surface area contributed by atoms with Crippen LogP contribution in [0, 0.1) is 17.2 Å². The van der Waals surface area contributed by atoms with Crippen LogP contribution in [0.5, 0.6) is 0 Å². The summed E-state index contributed by atoms with van der Waals surface area (Å²) in [6.07, 6.45) is 1.43. The third kappa shape index (κ3) is 6.94. The minimum absolute atomic E-state index is 0.0221. The van der Waals surface area contributed by atoms with Crippen molar-refractivity contribution in [3.63, 3.8) is 0 Å². The van der Waals surface area contributed by atoms with Gasteiger partial charge in [0.1, 0.15) is 18.0 Å². The minimum Gasteiger partial charge on any atom is -0.370 e. The van der Waals surface area contributed by atoms with Crippen LogP contribution < -0.4 is 15.4 Å². The van der Waals surface area contributed by atoms with Crippen molar-refractivity contribution in [1.82, 2.24) is 15.2 Å². The van der Waals surface area contributed by atoms with Gasteiger partial charge in [0.25, 0.3) is 0 Å². The van der Waals surface area contributed by atoms with E-state index in [9.17, 15) is 17.6 Å². The fourth-order valence-electron chi connectivity index (χ4n) is 2.83. The van der Waals surface area contributed by atoms with Crippen LogP contribution in [0.4, 0.5) is 15.9 Å². The Morgan fingerprint density at radius 1 is 1.46 bits per heavy atom. The standard InChI is InChI=1S/C17H25FN6O3S/c1-12(7-20-10-17(25)24-11-13(18)5-15(24)6-19)8-21-16-4-3-14(9-22-16)23-28(2,26)27/h3-4,9,12-13,15,20,23H,5,7-8,10-11H2,1-2H3,(H,21,22)/t12-,13-,15-/m0/s1. The molecule has 1 aromatic heterocycles. The zero-order chi connectivity index (χ0) is 20.7. The number of alkyl halides is 1. The number of nitrogens with zero attached hydrogens (tertiary/aromatic N) is 3. The quantitative estimate of drug-likeness (QED) is 0.541. The summed E-state index contributed by atoms with van der Waals surface area (Å²) in [5, 5.41) is 15.2. The van der Waals surface area contributed by atoms with Crippen LogP contribution in [-0.2, 0) is 14.8 Å². The summed E-state index contributed by atoms with van der Waals surface area (Å²) in [6, 6.07) is 4.55. The lowest BCUT2D eigenvalue weighted by molar-refractivity contribution is -0.130. The van der Waals surface area contributed by atoms with E-state index in [1.165, 1.54) is 11.1 Å². The van der Waals surface area contributed by atoms with Gasteiger partial charge in [0.15, 0.2) is 0 Å². The second-order valence-corrected chi connectivity index (χ2v) is 8.70. The summed E-state index contributed by atoms with van der Waals surface area (Å²) in [5.74, 6) is 0.495. The van der Waals surface area contributed by atoms with Gasteiger partial charge < -0.3 is 15.5 Å². The lowest BCUT2D eigenvalue weighted by Gasteiger charge is -2.20. The van der Waals surface area contributed by atoms with Gasteiger partial charge in [0.05, 0.1) is 37.3 Å². The molecule has 1 aromatic rings. The van der Waals surface area contributed by atoms with E-state index in [0.29, 0.717) is 24.6 Å². The molecule has 1 fully saturated rings. The maximum atomic E-state index is 13.4. The van der Waals surface area contributed by atoms with Crippen molar-refractivity contribution in [2.45, 2.75) is 25.6 Å². The van der Waals surface area contributed by atoms with Crippen molar-refractivity contribution >= 4 is 27.4 Å². The van der Waals surface area contributed by atoms with Crippen molar-refractivity contribution in [1.29, 1.82) is 5.26 Å². The fourth-order valence-corrected chi connectivity index (χ4v) is 3.38. The van der Waals surface area contributed by atoms with Crippen LogP contribution >= 0.6 is 0 Å². The second-order valence-electron chi connectivity index (χ2n) is 6.95. The first kappa shape index (κ1) is 21.8. The molecule has 0 aliphatic carbocycles. The van der Waals surface area contributed by atoms with E-state index in [4.69, 9.17) is 5.26 Å². The third-order valence-corrected chi connectivity index (χ3v) is 4.79. The molecule has 9 nitrogen and oxygen atoms in total. The zero-order valence-electron chi connectivity index (χ0n) is 15.9. The number of likely N-dealkylation sites (tertiary alicyclic amines) is 1. The van der Waals surface area contributed by atoms with Crippen LogP contribution in [-0.4, -0.2) is 68.9 Å².